The highest BCUT2D eigenvalue weighted by atomic mass is 127. The summed E-state index contributed by atoms with van der Waals surface area (Å²) < 4.78 is 5.65. The Labute approximate surface area is 158 Å². The number of halogens is 1. The van der Waals surface area contributed by atoms with Gasteiger partial charge in [-0.3, -0.25) is 4.99 Å². The molecular formula is C18H30IN3O. The minimum atomic E-state index is 0. The zero-order chi connectivity index (χ0) is 16.4. The van der Waals surface area contributed by atoms with E-state index in [1.165, 1.54) is 5.56 Å². The van der Waals surface area contributed by atoms with E-state index in [9.17, 15) is 0 Å². The number of hydrogen-bond donors (Lipinski definition) is 1. The summed E-state index contributed by atoms with van der Waals surface area (Å²) in [6.07, 6.45) is 4.26. The van der Waals surface area contributed by atoms with Crippen molar-refractivity contribution < 1.29 is 4.74 Å². The molecule has 0 aliphatic rings. The van der Waals surface area contributed by atoms with Gasteiger partial charge in [-0.05, 0) is 44.4 Å². The van der Waals surface area contributed by atoms with E-state index in [0.29, 0.717) is 0 Å². The number of allylic oxidation sites excluding steroid dienone is 1. The number of ether oxygens (including phenoxy) is 1. The van der Waals surface area contributed by atoms with E-state index < -0.39 is 0 Å². The van der Waals surface area contributed by atoms with Gasteiger partial charge in [-0.15, -0.1) is 30.6 Å². The van der Waals surface area contributed by atoms with E-state index in [-0.39, 0.29) is 30.1 Å². The predicted octanol–water partition coefficient (Wildman–Crippen LogP) is 4.07. The number of guanidine groups is 1. The average Bonchev–Trinajstić information content (AvgIpc) is 2.49. The van der Waals surface area contributed by atoms with Gasteiger partial charge in [0.2, 0.25) is 0 Å². The standard InChI is InChI=1S/C18H29N3O.HI/c1-6-7-8-13-21(5)18(19-4)20-14-16-9-11-17(12-10-16)22-15(2)3;/h6,9-12,15H,1,7-8,13-14H2,2-5H3,(H,19,20);1H. The maximum atomic E-state index is 5.65. The molecular weight excluding hydrogens is 401 g/mol. The second kappa shape index (κ2) is 12.2. The molecule has 0 aliphatic heterocycles. The Hall–Kier alpha value is -1.24. The Morgan fingerprint density at radius 2 is 2.00 bits per heavy atom. The maximum Gasteiger partial charge on any atom is 0.193 e. The molecule has 0 atom stereocenters. The van der Waals surface area contributed by atoms with Crippen molar-refractivity contribution in [1.29, 1.82) is 0 Å². The van der Waals surface area contributed by atoms with Crippen LogP contribution in [0.4, 0.5) is 0 Å². The quantitative estimate of drug-likeness (QED) is 0.222. The molecule has 0 fully saturated rings. The highest BCUT2D eigenvalue weighted by Gasteiger charge is 2.05. The van der Waals surface area contributed by atoms with E-state index in [0.717, 1.165) is 37.6 Å². The van der Waals surface area contributed by atoms with Crippen LogP contribution in [-0.4, -0.2) is 37.6 Å². The average molecular weight is 431 g/mol. The topological polar surface area (TPSA) is 36.9 Å². The lowest BCUT2D eigenvalue weighted by Crippen LogP contribution is -2.38. The molecule has 0 bridgehead atoms. The molecule has 1 rings (SSSR count). The molecule has 0 saturated carbocycles. The minimum Gasteiger partial charge on any atom is -0.491 e. The fourth-order valence-electron chi connectivity index (χ4n) is 2.10. The number of hydrogen-bond acceptors (Lipinski definition) is 2. The van der Waals surface area contributed by atoms with Gasteiger partial charge < -0.3 is 15.0 Å². The molecule has 1 N–H and O–H groups in total. The molecule has 5 heteroatoms. The van der Waals surface area contributed by atoms with E-state index in [1.807, 2.05) is 39.1 Å². The van der Waals surface area contributed by atoms with Gasteiger partial charge in [-0.25, -0.2) is 0 Å². The molecule has 0 heterocycles. The van der Waals surface area contributed by atoms with Crippen LogP contribution < -0.4 is 10.1 Å². The normalized spacial score (nSPS) is 10.9. The van der Waals surface area contributed by atoms with Gasteiger partial charge in [0.05, 0.1) is 6.10 Å². The molecule has 4 nitrogen and oxygen atoms in total. The zero-order valence-electron chi connectivity index (χ0n) is 14.7. The number of nitrogens with zero attached hydrogens (tertiary/aromatic N) is 2. The number of aliphatic imine (C=N–C) groups is 1. The molecule has 0 radical (unpaired) electrons. The fraction of sp³-hybridized carbons (Fsp3) is 0.500. The van der Waals surface area contributed by atoms with Gasteiger partial charge in [0.25, 0.3) is 0 Å². The Bertz CT molecular complexity index is 472. The molecule has 0 spiro atoms. The lowest BCUT2D eigenvalue weighted by atomic mass is 10.2. The number of rotatable bonds is 8. The third-order valence-corrected chi connectivity index (χ3v) is 3.22. The van der Waals surface area contributed by atoms with Crippen molar-refractivity contribution in [3.8, 4) is 5.75 Å². The van der Waals surface area contributed by atoms with Crippen LogP contribution in [0.25, 0.3) is 0 Å². The van der Waals surface area contributed by atoms with Crippen LogP contribution in [0, 0.1) is 0 Å². The van der Waals surface area contributed by atoms with E-state index in [2.05, 4.69) is 41.0 Å². The van der Waals surface area contributed by atoms with E-state index >= 15 is 0 Å². The third-order valence-electron chi connectivity index (χ3n) is 3.22. The van der Waals surface area contributed by atoms with Gasteiger partial charge in [0.1, 0.15) is 5.75 Å². The summed E-state index contributed by atoms with van der Waals surface area (Å²) in [7, 11) is 3.86. The molecule has 1 aromatic rings. The van der Waals surface area contributed by atoms with Crippen LogP contribution in [0.3, 0.4) is 0 Å². The van der Waals surface area contributed by atoms with Crippen LogP contribution in [0.2, 0.25) is 0 Å². The molecule has 0 saturated heterocycles. The minimum absolute atomic E-state index is 0. The van der Waals surface area contributed by atoms with Crippen LogP contribution in [-0.2, 0) is 6.54 Å². The van der Waals surface area contributed by atoms with Crippen molar-refractivity contribution in [3.05, 3.63) is 42.5 Å². The largest absolute Gasteiger partial charge is 0.491 e. The van der Waals surface area contributed by atoms with Crippen molar-refractivity contribution in [2.45, 2.75) is 39.3 Å². The van der Waals surface area contributed by atoms with Crippen molar-refractivity contribution in [3.63, 3.8) is 0 Å². The van der Waals surface area contributed by atoms with E-state index in [1.54, 1.807) is 0 Å². The number of unbranched alkanes of at least 4 members (excludes halogenated alkanes) is 1. The van der Waals surface area contributed by atoms with Crippen molar-refractivity contribution in [1.82, 2.24) is 10.2 Å². The lowest BCUT2D eigenvalue weighted by molar-refractivity contribution is 0.242. The first kappa shape index (κ1) is 21.8. The zero-order valence-corrected chi connectivity index (χ0v) is 17.0. The summed E-state index contributed by atoms with van der Waals surface area (Å²) in [5, 5.41) is 3.38. The fourth-order valence-corrected chi connectivity index (χ4v) is 2.10. The van der Waals surface area contributed by atoms with Gasteiger partial charge in [0.15, 0.2) is 5.96 Å². The number of benzene rings is 1. The summed E-state index contributed by atoms with van der Waals surface area (Å²) in [5.41, 5.74) is 1.21. The Kier molecular flexibility index (Phi) is 11.6. The molecule has 23 heavy (non-hydrogen) atoms. The highest BCUT2D eigenvalue weighted by Crippen LogP contribution is 2.13. The summed E-state index contributed by atoms with van der Waals surface area (Å²) in [6.45, 7) is 9.52. The van der Waals surface area contributed by atoms with Gasteiger partial charge in [-0.1, -0.05) is 18.2 Å². The highest BCUT2D eigenvalue weighted by molar-refractivity contribution is 14.0. The van der Waals surface area contributed by atoms with Crippen molar-refractivity contribution >= 4 is 29.9 Å². The summed E-state index contributed by atoms with van der Waals surface area (Å²) in [4.78, 5) is 6.46. The summed E-state index contributed by atoms with van der Waals surface area (Å²) in [6, 6.07) is 8.17. The van der Waals surface area contributed by atoms with Crippen LogP contribution in [0.1, 0.15) is 32.3 Å². The maximum absolute atomic E-state index is 5.65. The Morgan fingerprint density at radius 1 is 1.35 bits per heavy atom. The second-order valence-electron chi connectivity index (χ2n) is 5.56. The van der Waals surface area contributed by atoms with Gasteiger partial charge in [0, 0.05) is 27.2 Å². The third kappa shape index (κ3) is 8.83. The first-order valence-electron chi connectivity index (χ1n) is 7.85. The SMILES string of the molecule is C=CCCCN(C)C(=NC)NCc1ccc(OC(C)C)cc1.I. The van der Waals surface area contributed by atoms with Gasteiger partial charge in [-0.2, -0.15) is 0 Å². The molecule has 0 aliphatic carbocycles. The van der Waals surface area contributed by atoms with Crippen LogP contribution in [0.5, 0.6) is 5.75 Å². The van der Waals surface area contributed by atoms with Gasteiger partial charge >= 0.3 is 0 Å². The molecule has 130 valence electrons. The van der Waals surface area contributed by atoms with Crippen LogP contribution in [0.15, 0.2) is 41.9 Å². The second-order valence-corrected chi connectivity index (χ2v) is 5.56. The van der Waals surface area contributed by atoms with E-state index in [4.69, 9.17) is 4.74 Å². The molecule has 0 amide bonds. The Balaban J connectivity index is 0.00000484. The summed E-state index contributed by atoms with van der Waals surface area (Å²) in [5.74, 6) is 1.82. The lowest BCUT2D eigenvalue weighted by Gasteiger charge is -2.22. The number of nitrogens with one attached hydrogen (secondary N) is 1. The molecule has 0 aromatic heterocycles. The van der Waals surface area contributed by atoms with Crippen molar-refractivity contribution in [2.75, 3.05) is 20.6 Å². The van der Waals surface area contributed by atoms with Crippen molar-refractivity contribution in [2.24, 2.45) is 4.99 Å². The first-order valence-corrected chi connectivity index (χ1v) is 7.85. The first-order chi connectivity index (χ1) is 10.6. The van der Waals surface area contributed by atoms with Crippen LogP contribution >= 0.6 is 24.0 Å². The summed E-state index contributed by atoms with van der Waals surface area (Å²) >= 11 is 0. The predicted molar refractivity (Wildman–Crippen MR) is 110 cm³/mol. The molecule has 0 unspecified atom stereocenters. The molecule has 1 aromatic carbocycles. The smallest absolute Gasteiger partial charge is 0.193 e. The monoisotopic (exact) mass is 431 g/mol. The Morgan fingerprint density at radius 3 is 2.52 bits per heavy atom.